The Morgan fingerprint density at radius 2 is 2.00 bits per heavy atom. The number of terminal acetylenes is 1. The van der Waals surface area contributed by atoms with Gasteiger partial charge < -0.3 is 4.74 Å². The molecule has 1 rings (SSSR count). The van der Waals surface area contributed by atoms with Crippen molar-refractivity contribution in [1.82, 2.24) is 0 Å². The Morgan fingerprint density at radius 1 is 1.44 bits per heavy atom. The summed E-state index contributed by atoms with van der Waals surface area (Å²) in [7, 11) is 0. The maximum atomic E-state index is 11.5. The molecule has 0 amide bonds. The van der Waals surface area contributed by atoms with Crippen molar-refractivity contribution in [2.45, 2.75) is 24.8 Å². The summed E-state index contributed by atoms with van der Waals surface area (Å²) in [5.41, 5.74) is 1.74. The van der Waals surface area contributed by atoms with Crippen LogP contribution in [-0.2, 0) is 16.1 Å². The number of benzene rings is 1. The molecule has 3 heteroatoms. The van der Waals surface area contributed by atoms with Crippen molar-refractivity contribution >= 4 is 21.9 Å². The minimum Gasteiger partial charge on any atom is -0.460 e. The van der Waals surface area contributed by atoms with Crippen molar-refractivity contribution < 1.29 is 9.53 Å². The molecule has 1 aromatic rings. The Hall–Kier alpha value is -1.27. The third kappa shape index (κ3) is 3.71. The first-order chi connectivity index (χ1) is 7.43. The monoisotopic (exact) mass is 280 g/mol. The normalized spacial score (nSPS) is 10.6. The molecule has 0 saturated carbocycles. The van der Waals surface area contributed by atoms with E-state index in [0.29, 0.717) is 0 Å². The Labute approximate surface area is 104 Å². The van der Waals surface area contributed by atoms with Gasteiger partial charge in [-0.15, -0.1) is 6.42 Å². The summed E-state index contributed by atoms with van der Waals surface area (Å²) in [6, 6.07) is 7.35. The molecule has 0 atom stereocenters. The zero-order valence-electron chi connectivity index (χ0n) is 9.29. The van der Waals surface area contributed by atoms with E-state index in [4.69, 9.17) is 11.2 Å². The van der Waals surface area contributed by atoms with Crippen LogP contribution in [0.3, 0.4) is 0 Å². The van der Waals surface area contributed by atoms with Crippen LogP contribution in [0.5, 0.6) is 0 Å². The van der Waals surface area contributed by atoms with Gasteiger partial charge in [0.1, 0.15) is 10.9 Å². The molecule has 0 saturated heterocycles. The van der Waals surface area contributed by atoms with Gasteiger partial charge in [-0.2, -0.15) is 0 Å². The average Bonchev–Trinajstić information content (AvgIpc) is 2.25. The average molecular weight is 281 g/mol. The highest BCUT2D eigenvalue weighted by Crippen LogP contribution is 2.18. The lowest BCUT2D eigenvalue weighted by Crippen LogP contribution is -2.26. The first kappa shape index (κ1) is 12.8. The molecular weight excluding hydrogens is 268 g/mol. The second kappa shape index (κ2) is 5.18. The van der Waals surface area contributed by atoms with Gasteiger partial charge in [0, 0.05) is 5.56 Å². The van der Waals surface area contributed by atoms with Gasteiger partial charge in [0.25, 0.3) is 0 Å². The van der Waals surface area contributed by atoms with Gasteiger partial charge in [-0.1, -0.05) is 34.0 Å². The van der Waals surface area contributed by atoms with Gasteiger partial charge in [0.2, 0.25) is 0 Å². The van der Waals surface area contributed by atoms with Crippen LogP contribution in [0.15, 0.2) is 24.3 Å². The van der Waals surface area contributed by atoms with Gasteiger partial charge in [0.05, 0.1) is 0 Å². The number of rotatable bonds is 3. The Balaban J connectivity index is 2.56. The number of hydrogen-bond acceptors (Lipinski definition) is 2. The first-order valence-corrected chi connectivity index (χ1v) is 5.64. The quantitative estimate of drug-likeness (QED) is 0.484. The van der Waals surface area contributed by atoms with Crippen molar-refractivity contribution in [3.8, 4) is 12.3 Å². The molecule has 0 N–H and O–H groups in total. The lowest BCUT2D eigenvalue weighted by atomic mass is 10.1. The van der Waals surface area contributed by atoms with E-state index in [-0.39, 0.29) is 12.6 Å². The molecular formula is C13H13BrO2. The number of alkyl halides is 1. The second-order valence-electron chi connectivity index (χ2n) is 3.89. The standard InChI is InChI=1S/C13H13BrO2/c1-4-10-5-7-11(8-6-10)9-16-12(15)13(2,3)14/h1,5-8H,9H2,2-3H3. The lowest BCUT2D eigenvalue weighted by molar-refractivity contribution is -0.146. The van der Waals surface area contributed by atoms with Crippen LogP contribution in [-0.4, -0.2) is 10.3 Å². The lowest BCUT2D eigenvalue weighted by Gasteiger charge is -2.14. The summed E-state index contributed by atoms with van der Waals surface area (Å²) in [6.07, 6.45) is 5.24. The van der Waals surface area contributed by atoms with E-state index in [1.807, 2.05) is 24.3 Å². The molecule has 0 heterocycles. The third-order valence-electron chi connectivity index (χ3n) is 1.98. The predicted molar refractivity (Wildman–Crippen MR) is 67.2 cm³/mol. The zero-order valence-corrected chi connectivity index (χ0v) is 10.9. The smallest absolute Gasteiger partial charge is 0.322 e. The Kier molecular flexibility index (Phi) is 4.14. The summed E-state index contributed by atoms with van der Waals surface area (Å²) in [5.74, 6) is 2.24. The molecule has 0 fully saturated rings. The molecule has 84 valence electrons. The van der Waals surface area contributed by atoms with Crippen molar-refractivity contribution in [3.63, 3.8) is 0 Å². The molecule has 0 aliphatic rings. The van der Waals surface area contributed by atoms with Gasteiger partial charge in [-0.3, -0.25) is 4.79 Å². The molecule has 0 aliphatic carbocycles. The number of halogens is 1. The van der Waals surface area contributed by atoms with Crippen LogP contribution in [0, 0.1) is 12.3 Å². The fourth-order valence-electron chi connectivity index (χ4n) is 1.02. The number of esters is 1. The second-order valence-corrected chi connectivity index (χ2v) is 5.87. The van der Waals surface area contributed by atoms with Crippen LogP contribution in [0.2, 0.25) is 0 Å². The van der Waals surface area contributed by atoms with Gasteiger partial charge in [0.15, 0.2) is 0 Å². The van der Waals surface area contributed by atoms with E-state index in [2.05, 4.69) is 21.9 Å². The summed E-state index contributed by atoms with van der Waals surface area (Å²) in [4.78, 5) is 11.5. The summed E-state index contributed by atoms with van der Waals surface area (Å²) < 4.78 is 4.48. The van der Waals surface area contributed by atoms with E-state index >= 15 is 0 Å². The summed E-state index contributed by atoms with van der Waals surface area (Å²) in [5, 5.41) is 0. The molecule has 0 unspecified atom stereocenters. The van der Waals surface area contributed by atoms with E-state index in [0.717, 1.165) is 11.1 Å². The molecule has 1 aromatic carbocycles. The van der Waals surface area contributed by atoms with Gasteiger partial charge in [-0.05, 0) is 31.5 Å². The third-order valence-corrected chi connectivity index (χ3v) is 2.30. The number of carbonyl (C=O) groups is 1. The largest absolute Gasteiger partial charge is 0.460 e. The minimum atomic E-state index is -0.647. The van der Waals surface area contributed by atoms with E-state index in [9.17, 15) is 4.79 Å². The van der Waals surface area contributed by atoms with E-state index in [1.165, 1.54) is 0 Å². The fourth-order valence-corrected chi connectivity index (χ4v) is 1.13. The molecule has 0 spiro atoms. The maximum Gasteiger partial charge on any atom is 0.322 e. The zero-order chi connectivity index (χ0) is 12.2. The van der Waals surface area contributed by atoms with Crippen LogP contribution in [0.4, 0.5) is 0 Å². The number of carbonyl (C=O) groups excluding carboxylic acids is 1. The highest BCUT2D eigenvalue weighted by atomic mass is 79.9. The van der Waals surface area contributed by atoms with Gasteiger partial charge >= 0.3 is 5.97 Å². The highest BCUT2D eigenvalue weighted by Gasteiger charge is 2.25. The molecule has 0 aromatic heterocycles. The van der Waals surface area contributed by atoms with Crippen LogP contribution >= 0.6 is 15.9 Å². The number of hydrogen-bond donors (Lipinski definition) is 0. The van der Waals surface area contributed by atoms with Crippen LogP contribution in [0.1, 0.15) is 25.0 Å². The minimum absolute atomic E-state index is 0.263. The van der Waals surface area contributed by atoms with Crippen molar-refractivity contribution in [3.05, 3.63) is 35.4 Å². The van der Waals surface area contributed by atoms with Crippen LogP contribution in [0.25, 0.3) is 0 Å². The molecule has 0 radical (unpaired) electrons. The molecule has 16 heavy (non-hydrogen) atoms. The Bertz CT molecular complexity index is 407. The summed E-state index contributed by atoms with van der Waals surface area (Å²) >= 11 is 3.24. The van der Waals surface area contributed by atoms with Crippen LogP contribution < -0.4 is 0 Å². The topological polar surface area (TPSA) is 26.3 Å². The van der Waals surface area contributed by atoms with E-state index < -0.39 is 4.32 Å². The molecule has 0 aliphatic heterocycles. The fraction of sp³-hybridized carbons (Fsp3) is 0.308. The van der Waals surface area contributed by atoms with Crippen molar-refractivity contribution in [1.29, 1.82) is 0 Å². The van der Waals surface area contributed by atoms with Crippen molar-refractivity contribution in [2.75, 3.05) is 0 Å². The maximum absolute atomic E-state index is 11.5. The SMILES string of the molecule is C#Cc1ccc(COC(=O)C(C)(C)Br)cc1. The highest BCUT2D eigenvalue weighted by molar-refractivity contribution is 9.10. The van der Waals surface area contributed by atoms with Crippen molar-refractivity contribution in [2.24, 2.45) is 0 Å². The molecule has 0 bridgehead atoms. The van der Waals surface area contributed by atoms with Gasteiger partial charge in [-0.25, -0.2) is 0 Å². The Morgan fingerprint density at radius 3 is 2.44 bits per heavy atom. The summed E-state index contributed by atoms with van der Waals surface area (Å²) in [6.45, 7) is 3.76. The first-order valence-electron chi connectivity index (χ1n) is 4.85. The van der Waals surface area contributed by atoms with E-state index in [1.54, 1.807) is 13.8 Å². The number of ether oxygens (including phenoxy) is 1. The molecule has 2 nitrogen and oxygen atoms in total. The predicted octanol–water partition coefficient (Wildman–Crippen LogP) is 2.88.